The number of hydrogen-bond acceptors (Lipinski definition) is 4. The number of anilines is 1. The fourth-order valence-corrected chi connectivity index (χ4v) is 2.37. The van der Waals surface area contributed by atoms with E-state index in [-0.39, 0.29) is 23.3 Å². The van der Waals surface area contributed by atoms with Crippen molar-refractivity contribution in [2.75, 3.05) is 11.4 Å². The van der Waals surface area contributed by atoms with Crippen molar-refractivity contribution >= 4 is 23.4 Å². The van der Waals surface area contributed by atoms with Gasteiger partial charge in [0.05, 0.1) is 0 Å². The molecule has 5 nitrogen and oxygen atoms in total. The lowest BCUT2D eigenvalue weighted by atomic mass is 10.1. The Balaban J connectivity index is 2.05. The molecule has 2 N–H and O–H groups in total. The van der Waals surface area contributed by atoms with Crippen molar-refractivity contribution in [2.24, 2.45) is 0 Å². The predicted molar refractivity (Wildman–Crippen MR) is 74.1 cm³/mol. The molecule has 1 aliphatic heterocycles. The van der Waals surface area contributed by atoms with E-state index in [0.29, 0.717) is 30.0 Å². The molecule has 2 heterocycles. The van der Waals surface area contributed by atoms with Crippen LogP contribution in [0.2, 0.25) is 5.02 Å². The smallest absolute Gasteiger partial charge is 0.249 e. The molecule has 1 saturated heterocycles. The Morgan fingerprint density at radius 3 is 2.45 bits per heavy atom. The molecule has 20 heavy (non-hydrogen) atoms. The maximum atomic E-state index is 11.7. The van der Waals surface area contributed by atoms with Crippen LogP contribution in [0, 0.1) is 0 Å². The number of furan rings is 1. The molecule has 0 aliphatic carbocycles. The lowest BCUT2D eigenvalue weighted by Gasteiger charge is -2.11. The minimum atomic E-state index is -0.412. The molecule has 1 amide bonds. The minimum absolute atomic E-state index is 0.00468. The average molecular weight is 294 g/mol. The number of nitrogens with zero attached hydrogens (tertiary/aromatic N) is 1. The van der Waals surface area contributed by atoms with Crippen LogP contribution in [0.25, 0.3) is 11.3 Å². The van der Waals surface area contributed by atoms with Gasteiger partial charge in [0, 0.05) is 23.6 Å². The molecular weight excluding hydrogens is 282 g/mol. The second-order valence-electron chi connectivity index (χ2n) is 4.59. The van der Waals surface area contributed by atoms with E-state index < -0.39 is 5.75 Å². The number of carbonyl (C=O) groups excluding carboxylic acids is 1. The van der Waals surface area contributed by atoms with E-state index in [9.17, 15) is 15.0 Å². The van der Waals surface area contributed by atoms with Crippen LogP contribution in [0.4, 0.5) is 5.88 Å². The first kappa shape index (κ1) is 12.9. The van der Waals surface area contributed by atoms with Crippen molar-refractivity contribution < 1.29 is 19.4 Å². The van der Waals surface area contributed by atoms with Gasteiger partial charge in [-0.2, -0.15) is 0 Å². The Labute approximate surface area is 120 Å². The Hall–Kier alpha value is -2.14. The van der Waals surface area contributed by atoms with Crippen LogP contribution in [-0.4, -0.2) is 22.7 Å². The van der Waals surface area contributed by atoms with Crippen LogP contribution in [0.3, 0.4) is 0 Å². The fraction of sp³-hybridized carbons (Fsp3) is 0.214. The standard InChI is InChI=1S/C14H12ClNO4/c15-9-5-3-8(4-6-9)13-11(18)12(19)14(20-13)16-7-1-2-10(16)17/h3-6,18-19H,1-2,7H2. The third-order valence-electron chi connectivity index (χ3n) is 3.27. The van der Waals surface area contributed by atoms with Crippen LogP contribution >= 0.6 is 11.6 Å². The maximum absolute atomic E-state index is 11.7. The molecule has 1 aromatic carbocycles. The average Bonchev–Trinajstić information content (AvgIpc) is 2.97. The van der Waals surface area contributed by atoms with Crippen molar-refractivity contribution in [1.82, 2.24) is 0 Å². The molecule has 3 rings (SSSR count). The maximum Gasteiger partial charge on any atom is 0.249 e. The molecule has 0 atom stereocenters. The zero-order valence-corrected chi connectivity index (χ0v) is 11.2. The Kier molecular flexibility index (Phi) is 3.06. The summed E-state index contributed by atoms with van der Waals surface area (Å²) in [4.78, 5) is 13.0. The molecule has 0 radical (unpaired) electrons. The lowest BCUT2D eigenvalue weighted by molar-refractivity contribution is -0.117. The van der Waals surface area contributed by atoms with Gasteiger partial charge in [0.1, 0.15) is 0 Å². The number of carbonyl (C=O) groups is 1. The van der Waals surface area contributed by atoms with Gasteiger partial charge in [-0.05, 0) is 30.7 Å². The topological polar surface area (TPSA) is 73.9 Å². The molecule has 104 valence electrons. The van der Waals surface area contributed by atoms with Crippen LogP contribution in [0.1, 0.15) is 12.8 Å². The number of rotatable bonds is 2. The summed E-state index contributed by atoms with van der Waals surface area (Å²) >= 11 is 5.80. The van der Waals surface area contributed by atoms with E-state index in [0.717, 1.165) is 0 Å². The Bertz CT molecular complexity index is 663. The largest absolute Gasteiger partial charge is 0.502 e. The highest BCUT2D eigenvalue weighted by Crippen LogP contribution is 2.47. The van der Waals surface area contributed by atoms with E-state index in [1.807, 2.05) is 0 Å². The van der Waals surface area contributed by atoms with Crippen molar-refractivity contribution in [3.05, 3.63) is 29.3 Å². The third kappa shape index (κ3) is 2.00. The van der Waals surface area contributed by atoms with E-state index in [1.165, 1.54) is 4.90 Å². The van der Waals surface area contributed by atoms with Gasteiger partial charge >= 0.3 is 0 Å². The van der Waals surface area contributed by atoms with E-state index in [2.05, 4.69) is 0 Å². The van der Waals surface area contributed by atoms with Crippen LogP contribution in [0.5, 0.6) is 11.5 Å². The number of benzene rings is 1. The number of amides is 1. The number of hydrogen-bond donors (Lipinski definition) is 2. The van der Waals surface area contributed by atoms with E-state index >= 15 is 0 Å². The quantitative estimate of drug-likeness (QED) is 0.892. The van der Waals surface area contributed by atoms with Gasteiger partial charge in [-0.15, -0.1) is 0 Å². The van der Waals surface area contributed by atoms with E-state index in [1.54, 1.807) is 24.3 Å². The van der Waals surface area contributed by atoms with Crippen molar-refractivity contribution in [3.63, 3.8) is 0 Å². The summed E-state index contributed by atoms with van der Waals surface area (Å²) < 4.78 is 5.49. The molecule has 0 saturated carbocycles. The van der Waals surface area contributed by atoms with Gasteiger partial charge in [0.15, 0.2) is 5.76 Å². The Morgan fingerprint density at radius 1 is 1.15 bits per heavy atom. The summed E-state index contributed by atoms with van der Waals surface area (Å²) in [6.45, 7) is 0.472. The summed E-state index contributed by atoms with van der Waals surface area (Å²) in [5.74, 6) is -0.798. The fourth-order valence-electron chi connectivity index (χ4n) is 2.24. The summed E-state index contributed by atoms with van der Waals surface area (Å²) in [6.07, 6.45) is 1.12. The van der Waals surface area contributed by atoms with Gasteiger partial charge in [-0.1, -0.05) is 11.6 Å². The van der Waals surface area contributed by atoms with Crippen LogP contribution in [-0.2, 0) is 4.79 Å². The third-order valence-corrected chi connectivity index (χ3v) is 3.52. The second kappa shape index (κ2) is 4.76. The van der Waals surface area contributed by atoms with Gasteiger partial charge < -0.3 is 14.6 Å². The summed E-state index contributed by atoms with van der Waals surface area (Å²) in [5, 5.41) is 20.5. The molecule has 0 spiro atoms. The molecule has 0 bridgehead atoms. The van der Waals surface area contributed by atoms with Crippen LogP contribution in [0.15, 0.2) is 28.7 Å². The number of halogens is 1. The van der Waals surface area contributed by atoms with E-state index in [4.69, 9.17) is 16.0 Å². The molecule has 1 fully saturated rings. The Morgan fingerprint density at radius 2 is 1.85 bits per heavy atom. The molecule has 1 aromatic heterocycles. The SMILES string of the molecule is O=C1CCCN1c1oc(-c2ccc(Cl)cc2)c(O)c1O. The monoisotopic (exact) mass is 293 g/mol. The van der Waals surface area contributed by atoms with Gasteiger partial charge in [-0.25, -0.2) is 0 Å². The zero-order chi connectivity index (χ0) is 14.3. The molecule has 2 aromatic rings. The molecule has 0 unspecified atom stereocenters. The van der Waals surface area contributed by atoms with Gasteiger partial charge in [0.2, 0.25) is 23.3 Å². The van der Waals surface area contributed by atoms with Gasteiger partial charge in [-0.3, -0.25) is 9.69 Å². The van der Waals surface area contributed by atoms with Crippen molar-refractivity contribution in [2.45, 2.75) is 12.8 Å². The number of aromatic hydroxyl groups is 2. The highest BCUT2D eigenvalue weighted by molar-refractivity contribution is 6.30. The first-order chi connectivity index (χ1) is 9.58. The lowest BCUT2D eigenvalue weighted by Crippen LogP contribution is -2.23. The first-order valence-corrected chi connectivity index (χ1v) is 6.56. The zero-order valence-electron chi connectivity index (χ0n) is 10.5. The normalized spacial score (nSPS) is 15.1. The first-order valence-electron chi connectivity index (χ1n) is 6.19. The summed E-state index contributed by atoms with van der Waals surface area (Å²) in [6, 6.07) is 6.62. The highest BCUT2D eigenvalue weighted by Gasteiger charge is 2.31. The summed E-state index contributed by atoms with van der Waals surface area (Å²) in [5.41, 5.74) is 0.570. The predicted octanol–water partition coefficient (Wildman–Crippen LogP) is 3.14. The highest BCUT2D eigenvalue weighted by atomic mass is 35.5. The van der Waals surface area contributed by atoms with Gasteiger partial charge in [0.25, 0.3) is 0 Å². The second-order valence-corrected chi connectivity index (χ2v) is 5.03. The van der Waals surface area contributed by atoms with Crippen molar-refractivity contribution in [3.8, 4) is 22.8 Å². The van der Waals surface area contributed by atoms with Crippen molar-refractivity contribution in [1.29, 1.82) is 0 Å². The molecule has 6 heteroatoms. The molecule has 1 aliphatic rings. The minimum Gasteiger partial charge on any atom is -0.502 e. The summed E-state index contributed by atoms with van der Waals surface area (Å²) in [7, 11) is 0. The molecular formula is C14H12ClNO4. The van der Waals surface area contributed by atoms with Crippen LogP contribution < -0.4 is 4.90 Å².